The Morgan fingerprint density at radius 3 is 2.54 bits per heavy atom. The SMILES string of the molecule is CCCCC(CC)CN1C(=O)C(=O)NC1=C(OC)c1ccccc1OC. The van der Waals surface area contributed by atoms with Crippen LogP contribution in [-0.2, 0) is 14.3 Å². The Hall–Kier alpha value is -2.50. The molecule has 142 valence electrons. The number of rotatable bonds is 9. The summed E-state index contributed by atoms with van der Waals surface area (Å²) >= 11 is 0. The van der Waals surface area contributed by atoms with Crippen LogP contribution in [-0.4, -0.2) is 37.5 Å². The molecule has 6 heteroatoms. The number of nitrogens with zero attached hydrogens (tertiary/aromatic N) is 1. The molecule has 0 spiro atoms. The molecule has 1 aliphatic rings. The normalized spacial score (nSPS) is 17.2. The number of para-hydroxylation sites is 1. The van der Waals surface area contributed by atoms with Crippen LogP contribution in [0.3, 0.4) is 0 Å². The van der Waals surface area contributed by atoms with E-state index in [1.807, 2.05) is 24.3 Å². The van der Waals surface area contributed by atoms with Crippen molar-refractivity contribution in [1.82, 2.24) is 10.2 Å². The smallest absolute Gasteiger partial charge is 0.317 e. The van der Waals surface area contributed by atoms with Crippen molar-refractivity contribution in [1.29, 1.82) is 0 Å². The van der Waals surface area contributed by atoms with Gasteiger partial charge in [-0.05, 0) is 24.5 Å². The van der Waals surface area contributed by atoms with Gasteiger partial charge in [0.25, 0.3) is 0 Å². The molecule has 0 saturated carbocycles. The van der Waals surface area contributed by atoms with Crippen LogP contribution in [0.15, 0.2) is 30.1 Å². The predicted molar refractivity (Wildman–Crippen MR) is 100 cm³/mol. The Bertz CT molecular complexity index is 684. The van der Waals surface area contributed by atoms with Gasteiger partial charge in [-0.1, -0.05) is 45.2 Å². The van der Waals surface area contributed by atoms with Gasteiger partial charge in [-0.2, -0.15) is 0 Å². The summed E-state index contributed by atoms with van der Waals surface area (Å²) < 4.78 is 11.0. The number of carbonyl (C=O) groups is 2. The molecular weight excluding hydrogens is 332 g/mol. The van der Waals surface area contributed by atoms with Gasteiger partial charge in [-0.15, -0.1) is 0 Å². The average molecular weight is 360 g/mol. The molecule has 1 aromatic rings. The maximum Gasteiger partial charge on any atom is 0.317 e. The van der Waals surface area contributed by atoms with E-state index in [2.05, 4.69) is 19.2 Å². The predicted octanol–water partition coefficient (Wildman–Crippen LogP) is 3.14. The zero-order chi connectivity index (χ0) is 19.1. The quantitative estimate of drug-likeness (QED) is 0.543. The van der Waals surface area contributed by atoms with Gasteiger partial charge in [0, 0.05) is 6.54 Å². The fourth-order valence-corrected chi connectivity index (χ4v) is 3.15. The first-order valence-electron chi connectivity index (χ1n) is 9.11. The summed E-state index contributed by atoms with van der Waals surface area (Å²) in [6.07, 6.45) is 4.18. The maximum atomic E-state index is 12.4. The fourth-order valence-electron chi connectivity index (χ4n) is 3.15. The highest BCUT2D eigenvalue weighted by Crippen LogP contribution is 2.31. The van der Waals surface area contributed by atoms with Gasteiger partial charge in [-0.25, -0.2) is 0 Å². The van der Waals surface area contributed by atoms with Crippen molar-refractivity contribution in [2.45, 2.75) is 39.5 Å². The number of benzene rings is 1. The molecule has 1 fully saturated rings. The summed E-state index contributed by atoms with van der Waals surface area (Å²) in [7, 11) is 3.10. The molecule has 1 N–H and O–H groups in total. The topological polar surface area (TPSA) is 67.9 Å². The molecule has 0 aliphatic carbocycles. The number of methoxy groups -OCH3 is 2. The van der Waals surface area contributed by atoms with E-state index < -0.39 is 11.8 Å². The van der Waals surface area contributed by atoms with Gasteiger partial charge in [-0.3, -0.25) is 14.5 Å². The molecular formula is C20H28N2O4. The van der Waals surface area contributed by atoms with Gasteiger partial charge in [0.05, 0.1) is 19.8 Å². The van der Waals surface area contributed by atoms with Gasteiger partial charge in [0.15, 0.2) is 11.6 Å². The molecule has 0 aromatic heterocycles. The lowest BCUT2D eigenvalue weighted by molar-refractivity contribution is -0.140. The van der Waals surface area contributed by atoms with E-state index in [-0.39, 0.29) is 0 Å². The van der Waals surface area contributed by atoms with Crippen molar-refractivity contribution in [3.63, 3.8) is 0 Å². The van der Waals surface area contributed by atoms with Crippen molar-refractivity contribution in [2.75, 3.05) is 20.8 Å². The van der Waals surface area contributed by atoms with Crippen molar-refractivity contribution in [3.05, 3.63) is 35.6 Å². The number of unbranched alkanes of at least 4 members (excludes halogenated alkanes) is 1. The van der Waals surface area contributed by atoms with E-state index in [1.165, 1.54) is 12.0 Å². The number of hydrogen-bond acceptors (Lipinski definition) is 4. The molecule has 1 atom stereocenters. The van der Waals surface area contributed by atoms with Crippen LogP contribution in [0.25, 0.3) is 5.76 Å². The Morgan fingerprint density at radius 1 is 1.19 bits per heavy atom. The number of carbonyl (C=O) groups excluding carboxylic acids is 2. The molecule has 6 nitrogen and oxygen atoms in total. The lowest BCUT2D eigenvalue weighted by Gasteiger charge is -2.24. The zero-order valence-corrected chi connectivity index (χ0v) is 16.0. The average Bonchev–Trinajstić information content (AvgIpc) is 2.94. The van der Waals surface area contributed by atoms with E-state index in [0.717, 1.165) is 25.7 Å². The molecule has 1 aromatic carbocycles. The Morgan fingerprint density at radius 2 is 1.92 bits per heavy atom. The summed E-state index contributed by atoms with van der Waals surface area (Å²) in [6.45, 7) is 4.75. The van der Waals surface area contributed by atoms with E-state index in [1.54, 1.807) is 7.11 Å². The Balaban J connectivity index is 2.43. The zero-order valence-electron chi connectivity index (χ0n) is 16.0. The van der Waals surface area contributed by atoms with Crippen LogP contribution >= 0.6 is 0 Å². The third-order valence-corrected chi connectivity index (χ3v) is 4.70. The highest BCUT2D eigenvalue weighted by molar-refractivity contribution is 6.38. The van der Waals surface area contributed by atoms with E-state index in [4.69, 9.17) is 9.47 Å². The van der Waals surface area contributed by atoms with Gasteiger partial charge in [0.1, 0.15) is 5.75 Å². The molecule has 1 aliphatic heterocycles. The largest absolute Gasteiger partial charge is 0.496 e. The molecule has 2 amide bonds. The van der Waals surface area contributed by atoms with Crippen molar-refractivity contribution in [3.8, 4) is 5.75 Å². The summed E-state index contributed by atoms with van der Waals surface area (Å²) in [5.74, 6) is 0.587. The summed E-state index contributed by atoms with van der Waals surface area (Å²) in [5, 5.41) is 2.68. The van der Waals surface area contributed by atoms with Gasteiger partial charge < -0.3 is 14.8 Å². The minimum atomic E-state index is -0.630. The molecule has 0 radical (unpaired) electrons. The van der Waals surface area contributed by atoms with Crippen LogP contribution < -0.4 is 10.1 Å². The Kier molecular flexibility index (Phi) is 7.06. The first-order chi connectivity index (χ1) is 12.6. The minimum absolute atomic E-state index is 0.331. The number of amides is 2. The fraction of sp³-hybridized carbons (Fsp3) is 0.500. The molecule has 1 heterocycles. The second-order valence-electron chi connectivity index (χ2n) is 6.37. The van der Waals surface area contributed by atoms with E-state index >= 15 is 0 Å². The number of hydrogen-bond donors (Lipinski definition) is 1. The molecule has 26 heavy (non-hydrogen) atoms. The number of ether oxygens (including phenoxy) is 2. The third kappa shape index (κ3) is 4.18. The molecule has 1 saturated heterocycles. The third-order valence-electron chi connectivity index (χ3n) is 4.70. The van der Waals surface area contributed by atoms with Crippen LogP contribution in [0.5, 0.6) is 5.75 Å². The van der Waals surface area contributed by atoms with Crippen LogP contribution in [0.1, 0.15) is 45.1 Å². The number of nitrogens with one attached hydrogen (secondary N) is 1. The second kappa shape index (κ2) is 9.27. The van der Waals surface area contributed by atoms with Crippen molar-refractivity contribution in [2.24, 2.45) is 5.92 Å². The monoisotopic (exact) mass is 360 g/mol. The molecule has 1 unspecified atom stereocenters. The lowest BCUT2D eigenvalue weighted by atomic mass is 9.98. The van der Waals surface area contributed by atoms with E-state index in [0.29, 0.717) is 35.4 Å². The second-order valence-corrected chi connectivity index (χ2v) is 6.37. The van der Waals surface area contributed by atoms with Gasteiger partial charge in [0.2, 0.25) is 0 Å². The molecule has 2 rings (SSSR count). The summed E-state index contributed by atoms with van der Waals surface area (Å²) in [5.41, 5.74) is 0.689. The maximum absolute atomic E-state index is 12.4. The summed E-state index contributed by atoms with van der Waals surface area (Å²) in [6, 6.07) is 7.37. The van der Waals surface area contributed by atoms with Gasteiger partial charge >= 0.3 is 11.8 Å². The van der Waals surface area contributed by atoms with Crippen LogP contribution in [0.2, 0.25) is 0 Å². The highest BCUT2D eigenvalue weighted by Gasteiger charge is 2.38. The van der Waals surface area contributed by atoms with Crippen molar-refractivity contribution >= 4 is 17.6 Å². The first kappa shape index (κ1) is 19.8. The Labute approximate surface area is 155 Å². The van der Waals surface area contributed by atoms with Crippen LogP contribution in [0.4, 0.5) is 0 Å². The summed E-state index contributed by atoms with van der Waals surface area (Å²) in [4.78, 5) is 26.0. The van der Waals surface area contributed by atoms with Crippen LogP contribution in [0, 0.1) is 5.92 Å². The minimum Gasteiger partial charge on any atom is -0.496 e. The van der Waals surface area contributed by atoms with Crippen molar-refractivity contribution < 1.29 is 19.1 Å². The standard InChI is InChI=1S/C20H28N2O4/c1-5-7-10-14(6-2)13-22-18(21-19(23)20(22)24)17(26-4)15-11-8-9-12-16(15)25-3/h8-9,11-12,14H,5-7,10,13H2,1-4H3,(H,21,23). The molecule has 0 bridgehead atoms. The highest BCUT2D eigenvalue weighted by atomic mass is 16.5. The van der Waals surface area contributed by atoms with E-state index in [9.17, 15) is 9.59 Å². The first-order valence-corrected chi connectivity index (χ1v) is 9.11. The lowest BCUT2D eigenvalue weighted by Crippen LogP contribution is -2.32.